The van der Waals surface area contributed by atoms with Crippen LogP contribution in [0.15, 0.2) is 9.59 Å². The van der Waals surface area contributed by atoms with Gasteiger partial charge in [-0.25, -0.2) is 9.97 Å². The molecule has 4 heterocycles. The number of likely N-dealkylation sites (N-methyl/N-ethyl adjacent to an activating group) is 1. The highest BCUT2D eigenvalue weighted by Crippen LogP contribution is 2.11. The molecule has 154 valence electrons. The minimum atomic E-state index is 0. The summed E-state index contributed by atoms with van der Waals surface area (Å²) in [6.07, 6.45) is 3.18. The van der Waals surface area contributed by atoms with Gasteiger partial charge in [-0.1, -0.05) is 21.3 Å². The quantitative estimate of drug-likeness (QED) is 0.707. The molecule has 0 saturated heterocycles. The third-order valence-electron chi connectivity index (χ3n) is 4.98. The lowest BCUT2D eigenvalue weighted by molar-refractivity contribution is 0.305. The SMILES string of the molecule is C.CCc1nc2c(c(=O)[nH]1)CCN(C)C2.CCc1nc2c(c(=O)[nH]1)CCNC2. The Labute approximate surface area is 165 Å². The van der Waals surface area contributed by atoms with Crippen LogP contribution < -0.4 is 16.4 Å². The zero-order chi connectivity index (χ0) is 19.4. The van der Waals surface area contributed by atoms with Gasteiger partial charge in [0.25, 0.3) is 11.1 Å². The fraction of sp³-hybridized carbons (Fsp3) is 0.600. The van der Waals surface area contributed by atoms with E-state index in [1.54, 1.807) is 0 Å². The molecular weight excluding hydrogens is 356 g/mol. The third-order valence-corrected chi connectivity index (χ3v) is 4.98. The van der Waals surface area contributed by atoms with E-state index in [0.29, 0.717) is 0 Å². The van der Waals surface area contributed by atoms with Gasteiger partial charge in [-0.2, -0.15) is 0 Å². The normalized spacial score (nSPS) is 15.5. The number of hydrogen-bond donors (Lipinski definition) is 3. The van der Waals surface area contributed by atoms with Crippen LogP contribution >= 0.6 is 0 Å². The first-order chi connectivity index (χ1) is 13.0. The van der Waals surface area contributed by atoms with E-state index in [9.17, 15) is 9.59 Å². The van der Waals surface area contributed by atoms with Crippen LogP contribution in [0.1, 0.15) is 55.4 Å². The topological polar surface area (TPSA) is 107 Å². The van der Waals surface area contributed by atoms with E-state index in [0.717, 1.165) is 86.0 Å². The van der Waals surface area contributed by atoms with Gasteiger partial charge < -0.3 is 20.2 Å². The maximum atomic E-state index is 11.6. The van der Waals surface area contributed by atoms with E-state index in [2.05, 4.69) is 37.2 Å². The van der Waals surface area contributed by atoms with Crippen molar-refractivity contribution in [2.75, 3.05) is 20.1 Å². The lowest BCUT2D eigenvalue weighted by Crippen LogP contribution is -2.33. The second kappa shape index (κ2) is 9.75. The largest absolute Gasteiger partial charge is 0.311 e. The predicted molar refractivity (Wildman–Crippen MR) is 111 cm³/mol. The Morgan fingerprint density at radius 1 is 0.929 bits per heavy atom. The summed E-state index contributed by atoms with van der Waals surface area (Å²) in [5.74, 6) is 1.58. The third kappa shape index (κ3) is 4.94. The Morgan fingerprint density at radius 2 is 1.50 bits per heavy atom. The van der Waals surface area contributed by atoms with E-state index in [1.807, 2.05) is 13.8 Å². The van der Waals surface area contributed by atoms with Crippen LogP contribution in [-0.4, -0.2) is 45.0 Å². The van der Waals surface area contributed by atoms with Crippen LogP contribution in [-0.2, 0) is 38.8 Å². The highest BCUT2D eigenvalue weighted by Gasteiger charge is 2.18. The van der Waals surface area contributed by atoms with Gasteiger partial charge in [0, 0.05) is 43.6 Å². The van der Waals surface area contributed by atoms with Gasteiger partial charge in [0.1, 0.15) is 11.6 Å². The zero-order valence-electron chi connectivity index (χ0n) is 16.3. The van der Waals surface area contributed by atoms with Gasteiger partial charge in [-0.15, -0.1) is 0 Å². The summed E-state index contributed by atoms with van der Waals surface area (Å²) in [6, 6.07) is 0. The van der Waals surface area contributed by atoms with Crippen molar-refractivity contribution >= 4 is 0 Å². The molecule has 0 aliphatic carbocycles. The standard InChI is InChI=1S/C10H15N3O.C9H13N3O.CH4/c1-3-9-11-8-6-13(2)5-4-7(8)10(14)12-9;1-2-8-11-7-5-10-4-3-6(7)9(13)12-8;/h3-6H2,1-2H3,(H,11,12,14);10H,2-5H2,1H3,(H,11,12,13);1H4. The Kier molecular flexibility index (Phi) is 7.65. The fourth-order valence-electron chi connectivity index (χ4n) is 3.38. The van der Waals surface area contributed by atoms with Gasteiger partial charge in [0.15, 0.2) is 0 Å². The summed E-state index contributed by atoms with van der Waals surface area (Å²) < 4.78 is 0. The highest BCUT2D eigenvalue weighted by atomic mass is 16.1. The van der Waals surface area contributed by atoms with E-state index >= 15 is 0 Å². The van der Waals surface area contributed by atoms with Gasteiger partial charge in [-0.3, -0.25) is 9.59 Å². The number of aryl methyl sites for hydroxylation is 2. The molecule has 2 aromatic rings. The number of rotatable bonds is 2. The molecule has 0 bridgehead atoms. The van der Waals surface area contributed by atoms with Crippen molar-refractivity contribution in [1.29, 1.82) is 0 Å². The summed E-state index contributed by atoms with van der Waals surface area (Å²) in [5, 5.41) is 3.20. The summed E-state index contributed by atoms with van der Waals surface area (Å²) in [6.45, 7) is 7.34. The fourth-order valence-corrected chi connectivity index (χ4v) is 3.38. The smallest absolute Gasteiger partial charge is 0.254 e. The molecule has 0 fully saturated rings. The van der Waals surface area contributed by atoms with Crippen LogP contribution in [0.3, 0.4) is 0 Å². The first-order valence-electron chi connectivity index (χ1n) is 9.62. The average molecular weight is 389 g/mol. The second-order valence-corrected chi connectivity index (χ2v) is 7.00. The number of fused-ring (bicyclic) bond motifs is 2. The first-order valence-corrected chi connectivity index (χ1v) is 9.62. The number of aromatic nitrogens is 4. The van der Waals surface area contributed by atoms with Gasteiger partial charge in [-0.05, 0) is 26.4 Å². The van der Waals surface area contributed by atoms with E-state index in [-0.39, 0.29) is 18.5 Å². The molecule has 8 heteroatoms. The summed E-state index contributed by atoms with van der Waals surface area (Å²) in [7, 11) is 2.05. The Morgan fingerprint density at radius 3 is 2.11 bits per heavy atom. The molecule has 0 amide bonds. The summed E-state index contributed by atoms with van der Waals surface area (Å²) in [4.78, 5) is 39.8. The maximum absolute atomic E-state index is 11.6. The molecule has 0 atom stereocenters. The molecule has 2 aromatic heterocycles. The molecule has 28 heavy (non-hydrogen) atoms. The molecule has 2 aliphatic heterocycles. The van der Waals surface area contributed by atoms with Gasteiger partial charge >= 0.3 is 0 Å². The van der Waals surface area contributed by atoms with Crippen molar-refractivity contribution in [2.24, 2.45) is 0 Å². The predicted octanol–water partition coefficient (Wildman–Crippen LogP) is 0.934. The van der Waals surface area contributed by atoms with Crippen LogP contribution in [0.4, 0.5) is 0 Å². The molecule has 4 rings (SSSR count). The summed E-state index contributed by atoms with van der Waals surface area (Å²) >= 11 is 0. The van der Waals surface area contributed by atoms with Crippen molar-refractivity contribution < 1.29 is 0 Å². The van der Waals surface area contributed by atoms with E-state index in [1.165, 1.54) is 0 Å². The Balaban J connectivity index is 0.000000194. The number of nitrogens with zero attached hydrogens (tertiary/aromatic N) is 3. The molecular formula is C20H32N6O2. The highest BCUT2D eigenvalue weighted by molar-refractivity contribution is 5.21. The second-order valence-electron chi connectivity index (χ2n) is 7.00. The van der Waals surface area contributed by atoms with Gasteiger partial charge in [0.05, 0.1) is 11.4 Å². The van der Waals surface area contributed by atoms with Crippen molar-refractivity contribution in [3.05, 3.63) is 54.9 Å². The monoisotopic (exact) mass is 388 g/mol. The summed E-state index contributed by atoms with van der Waals surface area (Å²) in [5.41, 5.74) is 3.71. The van der Waals surface area contributed by atoms with Crippen LogP contribution in [0.25, 0.3) is 0 Å². The van der Waals surface area contributed by atoms with Crippen molar-refractivity contribution in [3.63, 3.8) is 0 Å². The number of aromatic amines is 2. The van der Waals surface area contributed by atoms with Crippen molar-refractivity contribution in [3.8, 4) is 0 Å². The molecule has 0 spiro atoms. The molecule has 2 aliphatic rings. The first kappa shape index (κ1) is 22.0. The molecule has 0 unspecified atom stereocenters. The van der Waals surface area contributed by atoms with Crippen LogP contribution in [0, 0.1) is 0 Å². The maximum Gasteiger partial charge on any atom is 0.254 e. The molecule has 0 aromatic carbocycles. The minimum absolute atomic E-state index is 0. The van der Waals surface area contributed by atoms with E-state index < -0.39 is 0 Å². The molecule has 0 radical (unpaired) electrons. The number of hydrogen-bond acceptors (Lipinski definition) is 6. The van der Waals surface area contributed by atoms with Crippen molar-refractivity contribution in [1.82, 2.24) is 30.2 Å². The molecule has 3 N–H and O–H groups in total. The number of nitrogens with one attached hydrogen (secondary N) is 3. The minimum Gasteiger partial charge on any atom is -0.311 e. The van der Waals surface area contributed by atoms with E-state index in [4.69, 9.17) is 0 Å². The average Bonchev–Trinajstić information content (AvgIpc) is 2.68. The molecule has 8 nitrogen and oxygen atoms in total. The zero-order valence-corrected chi connectivity index (χ0v) is 16.3. The number of H-pyrrole nitrogens is 2. The Bertz CT molecular complexity index is 918. The van der Waals surface area contributed by atoms with Gasteiger partial charge in [0.2, 0.25) is 0 Å². The van der Waals surface area contributed by atoms with Crippen LogP contribution in [0.2, 0.25) is 0 Å². The lowest BCUT2D eigenvalue weighted by atomic mass is 10.1. The molecule has 0 saturated carbocycles. The van der Waals surface area contributed by atoms with Crippen LogP contribution in [0.5, 0.6) is 0 Å². The Hall–Kier alpha value is -2.32. The lowest BCUT2D eigenvalue weighted by Gasteiger charge is -2.23. The van der Waals surface area contributed by atoms with Crippen molar-refractivity contribution in [2.45, 2.75) is 60.0 Å².